The van der Waals surface area contributed by atoms with Gasteiger partial charge in [-0.3, -0.25) is 4.79 Å². The Morgan fingerprint density at radius 3 is 2.55 bits per heavy atom. The minimum Gasteiger partial charge on any atom is -0.481 e. The maximum atomic E-state index is 10.5. The molecule has 0 amide bonds. The standard InChI is InChI=1S/C14H20N4O2/c1-4-10-11(9-15)14(17-16-12(10)5-2)18(3)8-6-7-13(19)20/h4-8H2,1-3H3,(H,19,20). The largest absolute Gasteiger partial charge is 0.481 e. The van der Waals surface area contributed by atoms with Gasteiger partial charge in [0, 0.05) is 20.0 Å². The molecule has 20 heavy (non-hydrogen) atoms. The zero-order valence-corrected chi connectivity index (χ0v) is 12.2. The molecule has 108 valence electrons. The molecule has 0 atom stereocenters. The Labute approximate surface area is 119 Å². The van der Waals surface area contributed by atoms with Crippen LogP contribution in [0.4, 0.5) is 5.82 Å². The summed E-state index contributed by atoms with van der Waals surface area (Å²) in [6.45, 7) is 4.51. The van der Waals surface area contributed by atoms with Crippen molar-refractivity contribution in [3.63, 3.8) is 0 Å². The summed E-state index contributed by atoms with van der Waals surface area (Å²) >= 11 is 0. The second kappa shape index (κ2) is 7.43. The lowest BCUT2D eigenvalue weighted by molar-refractivity contribution is -0.137. The number of aliphatic carboxylic acids is 1. The maximum absolute atomic E-state index is 10.5. The molecule has 1 rings (SSSR count). The van der Waals surface area contributed by atoms with Crippen molar-refractivity contribution in [3.05, 3.63) is 16.8 Å². The Morgan fingerprint density at radius 2 is 2.05 bits per heavy atom. The van der Waals surface area contributed by atoms with Crippen LogP contribution in [0.1, 0.15) is 43.5 Å². The number of aromatic nitrogens is 2. The molecule has 0 spiro atoms. The Bertz CT molecular complexity index is 523. The van der Waals surface area contributed by atoms with Crippen LogP contribution in [0.15, 0.2) is 0 Å². The smallest absolute Gasteiger partial charge is 0.303 e. The summed E-state index contributed by atoms with van der Waals surface area (Å²) in [5, 5.41) is 26.3. The minimum absolute atomic E-state index is 0.104. The highest BCUT2D eigenvalue weighted by Crippen LogP contribution is 2.22. The molecular weight excluding hydrogens is 256 g/mol. The van der Waals surface area contributed by atoms with Gasteiger partial charge in [0.2, 0.25) is 0 Å². The number of carboxylic acid groups (broad SMARTS) is 1. The molecule has 1 N–H and O–H groups in total. The molecule has 0 radical (unpaired) electrons. The molecule has 1 heterocycles. The zero-order chi connectivity index (χ0) is 15.1. The van der Waals surface area contributed by atoms with Crippen LogP contribution in [0, 0.1) is 11.3 Å². The minimum atomic E-state index is -0.819. The van der Waals surface area contributed by atoms with Crippen molar-refractivity contribution in [3.8, 4) is 6.07 Å². The van der Waals surface area contributed by atoms with E-state index in [1.54, 1.807) is 11.9 Å². The number of nitriles is 1. The average molecular weight is 276 g/mol. The first-order chi connectivity index (χ1) is 9.54. The number of carbonyl (C=O) groups is 1. The van der Waals surface area contributed by atoms with Crippen molar-refractivity contribution < 1.29 is 9.90 Å². The van der Waals surface area contributed by atoms with E-state index in [1.165, 1.54) is 0 Å². The number of anilines is 1. The Morgan fingerprint density at radius 1 is 1.35 bits per heavy atom. The summed E-state index contributed by atoms with van der Waals surface area (Å²) in [6.07, 6.45) is 2.09. The van der Waals surface area contributed by atoms with E-state index >= 15 is 0 Å². The molecule has 0 bridgehead atoms. The van der Waals surface area contributed by atoms with E-state index < -0.39 is 5.97 Å². The van der Waals surface area contributed by atoms with Gasteiger partial charge in [0.05, 0.1) is 5.69 Å². The fraction of sp³-hybridized carbons (Fsp3) is 0.571. The third kappa shape index (κ3) is 3.67. The molecule has 0 aliphatic heterocycles. The number of rotatable bonds is 7. The maximum Gasteiger partial charge on any atom is 0.303 e. The van der Waals surface area contributed by atoms with Gasteiger partial charge in [0.25, 0.3) is 0 Å². The Balaban J connectivity index is 3.00. The molecule has 6 heteroatoms. The van der Waals surface area contributed by atoms with Gasteiger partial charge in [0.1, 0.15) is 11.6 Å². The van der Waals surface area contributed by atoms with Gasteiger partial charge in [-0.2, -0.15) is 10.4 Å². The van der Waals surface area contributed by atoms with Gasteiger partial charge in [0.15, 0.2) is 5.82 Å². The van der Waals surface area contributed by atoms with Crippen LogP contribution in [-0.4, -0.2) is 34.9 Å². The van der Waals surface area contributed by atoms with Crippen molar-refractivity contribution in [2.24, 2.45) is 0 Å². The molecule has 1 aromatic heterocycles. The second-order valence-electron chi connectivity index (χ2n) is 4.56. The van der Waals surface area contributed by atoms with Gasteiger partial charge in [-0.15, -0.1) is 5.10 Å². The number of aryl methyl sites for hydroxylation is 1. The van der Waals surface area contributed by atoms with Gasteiger partial charge in [-0.25, -0.2) is 0 Å². The fourth-order valence-electron chi connectivity index (χ4n) is 2.12. The number of nitrogens with zero attached hydrogens (tertiary/aromatic N) is 4. The topological polar surface area (TPSA) is 90.1 Å². The lowest BCUT2D eigenvalue weighted by Crippen LogP contribution is -2.23. The number of hydrogen-bond acceptors (Lipinski definition) is 5. The Kier molecular flexibility index (Phi) is 5.91. The van der Waals surface area contributed by atoms with Gasteiger partial charge < -0.3 is 10.0 Å². The van der Waals surface area contributed by atoms with Crippen molar-refractivity contribution in [2.75, 3.05) is 18.5 Å². The van der Waals surface area contributed by atoms with E-state index in [0.717, 1.165) is 24.1 Å². The van der Waals surface area contributed by atoms with Crippen molar-refractivity contribution >= 4 is 11.8 Å². The van der Waals surface area contributed by atoms with Crippen LogP contribution in [0.3, 0.4) is 0 Å². The molecule has 0 unspecified atom stereocenters. The van der Waals surface area contributed by atoms with Crippen LogP contribution >= 0.6 is 0 Å². The fourth-order valence-corrected chi connectivity index (χ4v) is 2.12. The quantitative estimate of drug-likeness (QED) is 0.816. The van der Waals surface area contributed by atoms with Gasteiger partial charge in [-0.1, -0.05) is 13.8 Å². The van der Waals surface area contributed by atoms with Crippen molar-refractivity contribution in [1.82, 2.24) is 10.2 Å². The predicted octanol–water partition coefficient (Wildman–Crippen LogP) is 1.77. The highest BCUT2D eigenvalue weighted by molar-refractivity contribution is 5.66. The van der Waals surface area contributed by atoms with Crippen LogP contribution in [0.5, 0.6) is 0 Å². The summed E-state index contributed by atoms with van der Waals surface area (Å²) in [4.78, 5) is 12.3. The van der Waals surface area contributed by atoms with E-state index in [-0.39, 0.29) is 6.42 Å². The predicted molar refractivity (Wildman–Crippen MR) is 75.6 cm³/mol. The first-order valence-electron chi connectivity index (χ1n) is 6.76. The Hall–Kier alpha value is -2.16. The van der Waals surface area contributed by atoms with Crippen LogP contribution in [0.2, 0.25) is 0 Å². The summed E-state index contributed by atoms with van der Waals surface area (Å²) in [5.74, 6) is -0.285. The van der Waals surface area contributed by atoms with Crippen LogP contribution < -0.4 is 4.90 Å². The second-order valence-corrected chi connectivity index (χ2v) is 4.56. The highest BCUT2D eigenvalue weighted by Gasteiger charge is 2.17. The summed E-state index contributed by atoms with van der Waals surface area (Å²) in [5.41, 5.74) is 2.34. The third-order valence-electron chi connectivity index (χ3n) is 3.19. The van der Waals surface area contributed by atoms with E-state index in [1.807, 2.05) is 13.8 Å². The third-order valence-corrected chi connectivity index (χ3v) is 3.19. The van der Waals surface area contributed by atoms with Gasteiger partial charge in [-0.05, 0) is 24.8 Å². The lowest BCUT2D eigenvalue weighted by atomic mass is 10.0. The first kappa shape index (κ1) is 15.9. The SMILES string of the molecule is CCc1nnc(N(C)CCCC(=O)O)c(C#N)c1CC. The van der Waals surface area contributed by atoms with Crippen LogP contribution in [-0.2, 0) is 17.6 Å². The van der Waals surface area contributed by atoms with E-state index in [9.17, 15) is 10.1 Å². The highest BCUT2D eigenvalue weighted by atomic mass is 16.4. The molecule has 1 aromatic rings. The molecule has 0 fully saturated rings. The normalized spacial score (nSPS) is 10.1. The molecule has 0 aromatic carbocycles. The van der Waals surface area contributed by atoms with E-state index in [4.69, 9.17) is 5.11 Å². The first-order valence-corrected chi connectivity index (χ1v) is 6.76. The lowest BCUT2D eigenvalue weighted by Gasteiger charge is -2.20. The van der Waals surface area contributed by atoms with Crippen molar-refractivity contribution in [2.45, 2.75) is 39.5 Å². The molecule has 0 aliphatic rings. The molecule has 0 aliphatic carbocycles. The molecule has 0 saturated heterocycles. The number of hydrogen-bond donors (Lipinski definition) is 1. The molecule has 6 nitrogen and oxygen atoms in total. The zero-order valence-electron chi connectivity index (χ0n) is 12.2. The summed E-state index contributed by atoms with van der Waals surface area (Å²) in [6, 6.07) is 2.21. The number of carboxylic acids is 1. The van der Waals surface area contributed by atoms with Crippen molar-refractivity contribution in [1.29, 1.82) is 5.26 Å². The van der Waals surface area contributed by atoms with Crippen LogP contribution in [0.25, 0.3) is 0 Å². The van der Waals surface area contributed by atoms with E-state index in [0.29, 0.717) is 24.3 Å². The molecule has 0 saturated carbocycles. The van der Waals surface area contributed by atoms with Gasteiger partial charge >= 0.3 is 5.97 Å². The summed E-state index contributed by atoms with van der Waals surface area (Å²) in [7, 11) is 1.80. The monoisotopic (exact) mass is 276 g/mol. The van der Waals surface area contributed by atoms with E-state index in [2.05, 4.69) is 16.3 Å². The summed E-state index contributed by atoms with van der Waals surface area (Å²) < 4.78 is 0. The molecular formula is C14H20N4O2. The average Bonchev–Trinajstić information content (AvgIpc) is 2.44.